The zero-order valence-electron chi connectivity index (χ0n) is 16.9. The van der Waals surface area contributed by atoms with Crippen molar-refractivity contribution >= 4 is 34.7 Å². The number of aromatic nitrogens is 3. The lowest BCUT2D eigenvalue weighted by molar-refractivity contribution is -0.117. The number of hydrogen-bond donors (Lipinski definition) is 4. The normalized spacial score (nSPS) is 22.4. The molecule has 2 aliphatic heterocycles. The first-order valence-electron chi connectivity index (χ1n) is 10.4. The highest BCUT2D eigenvalue weighted by atomic mass is 32.2. The third-order valence-corrected chi connectivity index (χ3v) is 6.61. The third kappa shape index (κ3) is 4.30. The molecule has 5 rings (SSSR count). The van der Waals surface area contributed by atoms with E-state index in [4.69, 9.17) is 0 Å². The average Bonchev–Trinajstić information content (AvgIpc) is 3.46. The molecule has 0 spiro atoms. The Morgan fingerprint density at radius 2 is 2.16 bits per heavy atom. The number of carbonyl (C=O) groups excluding carboxylic acids is 1. The van der Waals surface area contributed by atoms with Crippen LogP contribution in [0.25, 0.3) is 11.0 Å². The van der Waals surface area contributed by atoms with Gasteiger partial charge in [0.15, 0.2) is 0 Å². The predicted molar refractivity (Wildman–Crippen MR) is 122 cm³/mol. The lowest BCUT2D eigenvalue weighted by Crippen LogP contribution is -2.42. The van der Waals surface area contributed by atoms with E-state index in [0.717, 1.165) is 28.9 Å². The summed E-state index contributed by atoms with van der Waals surface area (Å²) < 4.78 is 0. The Morgan fingerprint density at radius 3 is 2.97 bits per heavy atom. The van der Waals surface area contributed by atoms with E-state index in [1.165, 1.54) is 11.8 Å². The molecule has 3 aromatic rings. The number of H-pyrrole nitrogens is 1. The van der Waals surface area contributed by atoms with Gasteiger partial charge >= 0.3 is 0 Å². The minimum Gasteiger partial charge on any atom is -0.392 e. The summed E-state index contributed by atoms with van der Waals surface area (Å²) in [6.07, 6.45) is 5.65. The Bertz CT molecular complexity index is 1100. The summed E-state index contributed by atoms with van der Waals surface area (Å²) in [7, 11) is 0. The molecule has 4 N–H and O–H groups in total. The highest BCUT2D eigenvalue weighted by Gasteiger charge is 2.32. The molecule has 4 heterocycles. The zero-order valence-corrected chi connectivity index (χ0v) is 17.7. The fourth-order valence-corrected chi connectivity index (χ4v) is 4.94. The van der Waals surface area contributed by atoms with E-state index in [2.05, 4.69) is 25.6 Å². The van der Waals surface area contributed by atoms with E-state index in [1.807, 2.05) is 53.7 Å². The number of amides is 1. The molecule has 1 amide bonds. The molecule has 2 aliphatic rings. The Kier molecular flexibility index (Phi) is 5.63. The van der Waals surface area contributed by atoms with Crippen LogP contribution >= 0.6 is 11.8 Å². The molecular formula is C22H24N6O2S. The number of benzene rings is 1. The topological polar surface area (TPSA) is 106 Å². The molecule has 3 atom stereocenters. The molecule has 2 aromatic heterocycles. The summed E-state index contributed by atoms with van der Waals surface area (Å²) in [5.74, 6) is 1.20. The van der Waals surface area contributed by atoms with Crippen LogP contribution in [0, 0.1) is 0 Å². The number of carbonyl (C=O) groups is 1. The molecule has 31 heavy (non-hydrogen) atoms. The molecule has 0 bridgehead atoms. The highest BCUT2D eigenvalue weighted by molar-refractivity contribution is 8.04. The maximum atomic E-state index is 13.2. The van der Waals surface area contributed by atoms with Gasteiger partial charge in [0.05, 0.1) is 17.1 Å². The van der Waals surface area contributed by atoms with Crippen molar-refractivity contribution in [3.8, 4) is 0 Å². The minimum absolute atomic E-state index is 0.0229. The van der Waals surface area contributed by atoms with Gasteiger partial charge in [-0.15, -0.1) is 11.8 Å². The number of fused-ring (bicyclic) bond motifs is 1. The van der Waals surface area contributed by atoms with E-state index in [1.54, 1.807) is 6.20 Å². The molecule has 1 unspecified atom stereocenters. The van der Waals surface area contributed by atoms with Crippen molar-refractivity contribution in [2.24, 2.45) is 0 Å². The Morgan fingerprint density at radius 1 is 1.29 bits per heavy atom. The second-order valence-corrected chi connectivity index (χ2v) is 8.89. The lowest BCUT2D eigenvalue weighted by Gasteiger charge is -2.28. The van der Waals surface area contributed by atoms with Crippen molar-refractivity contribution in [3.63, 3.8) is 0 Å². The van der Waals surface area contributed by atoms with Crippen LogP contribution in [0.15, 0.2) is 59.9 Å². The molecule has 0 aliphatic carbocycles. The number of nitrogens with one attached hydrogen (secondary N) is 3. The van der Waals surface area contributed by atoms with Crippen molar-refractivity contribution in [3.05, 3.63) is 65.5 Å². The summed E-state index contributed by atoms with van der Waals surface area (Å²) in [5.41, 5.74) is 1.79. The predicted octanol–water partition coefficient (Wildman–Crippen LogP) is 1.93. The van der Waals surface area contributed by atoms with E-state index in [9.17, 15) is 9.90 Å². The molecule has 1 fully saturated rings. The largest absolute Gasteiger partial charge is 0.392 e. The standard InChI is InChI=1S/C22H24N6O2S/c29-16-10-17(24-12-16)19(14-4-2-1-3-5-14)26-21(30)18-13-28(8-9-31-18)22-25-11-15-6-7-23-20(15)27-22/h1-7,11,13,16-17,19,24,29H,8-10,12H2,(H,26,30)(H,23,25,27)/t16-,17-,19?/m1/s1. The number of anilines is 1. The minimum atomic E-state index is -0.396. The van der Waals surface area contributed by atoms with Gasteiger partial charge in [-0.25, -0.2) is 4.98 Å². The van der Waals surface area contributed by atoms with Gasteiger partial charge in [-0.1, -0.05) is 30.3 Å². The molecule has 9 heteroatoms. The van der Waals surface area contributed by atoms with Crippen molar-refractivity contribution in [2.45, 2.75) is 24.6 Å². The van der Waals surface area contributed by atoms with Gasteiger partial charge in [-0.2, -0.15) is 4.98 Å². The fraction of sp³-hybridized carbons (Fsp3) is 0.318. The van der Waals surface area contributed by atoms with Crippen LogP contribution in [0.4, 0.5) is 5.95 Å². The first-order chi connectivity index (χ1) is 15.2. The third-order valence-electron chi connectivity index (χ3n) is 5.62. The summed E-state index contributed by atoms with van der Waals surface area (Å²) in [5, 5.41) is 17.5. The first kappa shape index (κ1) is 20.0. The second kappa shape index (κ2) is 8.70. The molecule has 1 aromatic carbocycles. The summed E-state index contributed by atoms with van der Waals surface area (Å²) in [4.78, 5) is 27.9. The number of aliphatic hydroxyl groups is 1. The summed E-state index contributed by atoms with van der Waals surface area (Å²) in [6.45, 7) is 1.26. The molecule has 8 nitrogen and oxygen atoms in total. The van der Waals surface area contributed by atoms with Gasteiger partial charge in [-0.05, 0) is 18.1 Å². The van der Waals surface area contributed by atoms with Crippen molar-refractivity contribution < 1.29 is 9.90 Å². The van der Waals surface area contributed by atoms with E-state index in [0.29, 0.717) is 23.8 Å². The van der Waals surface area contributed by atoms with E-state index in [-0.39, 0.29) is 18.0 Å². The second-order valence-electron chi connectivity index (χ2n) is 7.75. The van der Waals surface area contributed by atoms with Crippen molar-refractivity contribution in [2.75, 3.05) is 23.7 Å². The van der Waals surface area contributed by atoms with Gasteiger partial charge in [0.2, 0.25) is 5.95 Å². The smallest absolute Gasteiger partial charge is 0.259 e. The summed E-state index contributed by atoms with van der Waals surface area (Å²) in [6, 6.07) is 11.6. The van der Waals surface area contributed by atoms with Gasteiger partial charge < -0.3 is 25.6 Å². The van der Waals surface area contributed by atoms with Crippen LogP contribution in [0.2, 0.25) is 0 Å². The van der Waals surface area contributed by atoms with Gasteiger partial charge in [0.1, 0.15) is 5.65 Å². The number of nitrogens with zero attached hydrogens (tertiary/aromatic N) is 3. The van der Waals surface area contributed by atoms with Crippen LogP contribution < -0.4 is 15.5 Å². The van der Waals surface area contributed by atoms with Crippen LogP contribution in [-0.2, 0) is 4.79 Å². The summed E-state index contributed by atoms with van der Waals surface area (Å²) >= 11 is 1.53. The maximum absolute atomic E-state index is 13.2. The van der Waals surface area contributed by atoms with Crippen molar-refractivity contribution in [1.29, 1.82) is 0 Å². The van der Waals surface area contributed by atoms with Crippen LogP contribution in [0.5, 0.6) is 0 Å². The Labute approximate surface area is 184 Å². The molecular weight excluding hydrogens is 412 g/mol. The van der Waals surface area contributed by atoms with Crippen LogP contribution in [0.1, 0.15) is 18.0 Å². The zero-order chi connectivity index (χ0) is 21.2. The molecule has 0 saturated carbocycles. The number of thioether (sulfide) groups is 1. The number of rotatable bonds is 5. The number of hydrogen-bond acceptors (Lipinski definition) is 7. The van der Waals surface area contributed by atoms with E-state index >= 15 is 0 Å². The number of aromatic amines is 1. The lowest BCUT2D eigenvalue weighted by atomic mass is 9.97. The van der Waals surface area contributed by atoms with Gasteiger partial charge in [-0.3, -0.25) is 4.79 Å². The average molecular weight is 437 g/mol. The van der Waals surface area contributed by atoms with Gasteiger partial charge in [0, 0.05) is 48.9 Å². The molecule has 0 radical (unpaired) electrons. The first-order valence-corrected chi connectivity index (χ1v) is 11.3. The highest BCUT2D eigenvalue weighted by Crippen LogP contribution is 2.28. The van der Waals surface area contributed by atoms with Gasteiger partial charge in [0.25, 0.3) is 5.91 Å². The van der Waals surface area contributed by atoms with Crippen LogP contribution in [0.3, 0.4) is 0 Å². The van der Waals surface area contributed by atoms with E-state index < -0.39 is 6.10 Å². The maximum Gasteiger partial charge on any atom is 0.259 e. The van der Waals surface area contributed by atoms with Crippen molar-refractivity contribution in [1.82, 2.24) is 25.6 Å². The Hall–Kier alpha value is -2.88. The molecule has 160 valence electrons. The molecule has 1 saturated heterocycles. The SMILES string of the molecule is O=C(NC(c1ccccc1)[C@H]1C[C@@H](O)CN1)C1=CN(c2ncc3cc[nH]c3n2)CCS1. The monoisotopic (exact) mass is 436 g/mol. The number of aliphatic hydroxyl groups excluding tert-OH is 1. The fourth-order valence-electron chi connectivity index (χ4n) is 4.04. The quantitative estimate of drug-likeness (QED) is 0.484. The number of β-amino-alcohol motifs (C(OH)–C–C–N with tert-alkyl or cyclic N) is 1. The Balaban J connectivity index is 1.37. The van der Waals surface area contributed by atoms with Crippen LogP contribution in [-0.4, -0.2) is 57.0 Å².